The molecule has 1 aromatic heterocycles. The summed E-state index contributed by atoms with van der Waals surface area (Å²) in [4.78, 5) is 17.2. The molecule has 2 heterocycles. The molecule has 3 rings (SSSR count). The summed E-state index contributed by atoms with van der Waals surface area (Å²) in [7, 11) is 0. The van der Waals surface area contributed by atoms with Crippen molar-refractivity contribution in [1.29, 1.82) is 0 Å². The molecule has 2 aromatic rings. The van der Waals surface area contributed by atoms with Crippen molar-refractivity contribution in [3.8, 4) is 5.75 Å². The van der Waals surface area contributed by atoms with Gasteiger partial charge in [0.05, 0.1) is 12.2 Å². The Hall–Kier alpha value is -1.92. The number of para-hydroxylation sites is 1. The van der Waals surface area contributed by atoms with Crippen LogP contribution in [-0.4, -0.2) is 18.5 Å². The Morgan fingerprint density at radius 1 is 1.41 bits per heavy atom. The van der Waals surface area contributed by atoms with E-state index in [2.05, 4.69) is 20.9 Å². The van der Waals surface area contributed by atoms with Gasteiger partial charge < -0.3 is 9.47 Å². The molecule has 6 heteroatoms. The van der Waals surface area contributed by atoms with E-state index in [1.807, 2.05) is 42.6 Å². The number of ether oxygens (including phenoxy) is 2. The van der Waals surface area contributed by atoms with Gasteiger partial charge in [0.15, 0.2) is 5.70 Å². The maximum atomic E-state index is 12.0. The van der Waals surface area contributed by atoms with E-state index in [1.54, 1.807) is 6.08 Å². The van der Waals surface area contributed by atoms with Crippen LogP contribution < -0.4 is 4.74 Å². The Morgan fingerprint density at radius 3 is 2.95 bits per heavy atom. The monoisotopic (exact) mass is 377 g/mol. The van der Waals surface area contributed by atoms with Gasteiger partial charge in [-0.05, 0) is 47.1 Å². The molecule has 1 aliphatic rings. The van der Waals surface area contributed by atoms with E-state index in [-0.39, 0.29) is 11.6 Å². The molecule has 0 unspecified atom stereocenters. The molecule has 4 nitrogen and oxygen atoms in total. The topological polar surface area (TPSA) is 47.9 Å². The number of carbonyl (C=O) groups is 1. The molecular formula is C16H12BrNO3S. The van der Waals surface area contributed by atoms with E-state index in [0.717, 1.165) is 9.35 Å². The zero-order valence-electron chi connectivity index (χ0n) is 11.7. The van der Waals surface area contributed by atoms with Gasteiger partial charge in [0, 0.05) is 14.7 Å². The van der Waals surface area contributed by atoms with Gasteiger partial charge in [-0.1, -0.05) is 12.1 Å². The largest absolute Gasteiger partial charge is 0.493 e. The summed E-state index contributed by atoms with van der Waals surface area (Å²) in [6, 6.07) is 9.29. The van der Waals surface area contributed by atoms with Crippen molar-refractivity contribution < 1.29 is 14.3 Å². The van der Waals surface area contributed by atoms with E-state index in [4.69, 9.17) is 9.47 Å². The molecule has 0 bridgehead atoms. The third-order valence-corrected chi connectivity index (χ3v) is 4.55. The average molecular weight is 378 g/mol. The van der Waals surface area contributed by atoms with Crippen LogP contribution in [0.25, 0.3) is 6.08 Å². The zero-order valence-corrected chi connectivity index (χ0v) is 14.1. The molecule has 1 aliphatic heterocycles. The first-order valence-corrected chi connectivity index (χ1v) is 8.33. The summed E-state index contributed by atoms with van der Waals surface area (Å²) in [6.07, 6.45) is 1.72. The summed E-state index contributed by atoms with van der Waals surface area (Å²) in [5.41, 5.74) is 0.962. The van der Waals surface area contributed by atoms with Crippen molar-refractivity contribution >= 4 is 45.2 Å². The molecule has 1 aromatic carbocycles. The number of thiophene rings is 1. The van der Waals surface area contributed by atoms with Gasteiger partial charge in [-0.25, -0.2) is 9.79 Å². The Kier molecular flexibility index (Phi) is 4.40. The predicted molar refractivity (Wildman–Crippen MR) is 90.2 cm³/mol. The third kappa shape index (κ3) is 3.13. The fourth-order valence-corrected chi connectivity index (χ4v) is 3.36. The molecule has 112 valence electrons. The van der Waals surface area contributed by atoms with Crippen molar-refractivity contribution in [3.63, 3.8) is 0 Å². The number of hydrogen-bond acceptors (Lipinski definition) is 5. The molecule has 0 spiro atoms. The number of nitrogens with zero attached hydrogens (tertiary/aromatic N) is 1. The highest BCUT2D eigenvalue weighted by Crippen LogP contribution is 2.27. The highest BCUT2D eigenvalue weighted by Gasteiger charge is 2.26. The van der Waals surface area contributed by atoms with Gasteiger partial charge in [-0.3, -0.25) is 0 Å². The number of carbonyl (C=O) groups excluding carboxylic acids is 1. The minimum Gasteiger partial charge on any atom is -0.493 e. The lowest BCUT2D eigenvalue weighted by molar-refractivity contribution is -0.129. The van der Waals surface area contributed by atoms with Crippen LogP contribution in [0.4, 0.5) is 0 Å². The smallest absolute Gasteiger partial charge is 0.363 e. The number of cyclic esters (lactones) is 1. The number of hydrogen-bond donors (Lipinski definition) is 0. The molecule has 0 amide bonds. The molecule has 0 saturated heterocycles. The van der Waals surface area contributed by atoms with E-state index >= 15 is 0 Å². The molecule has 0 fully saturated rings. The zero-order chi connectivity index (χ0) is 15.5. The van der Waals surface area contributed by atoms with Crippen LogP contribution in [0.2, 0.25) is 0 Å². The van der Waals surface area contributed by atoms with E-state index in [0.29, 0.717) is 17.9 Å². The predicted octanol–water partition coefficient (Wildman–Crippen LogP) is 4.25. The van der Waals surface area contributed by atoms with E-state index in [9.17, 15) is 4.79 Å². The van der Waals surface area contributed by atoms with Crippen LogP contribution in [0, 0.1) is 0 Å². The number of rotatable bonds is 4. The number of aliphatic imine (C=N–C) groups is 1. The van der Waals surface area contributed by atoms with Gasteiger partial charge in [-0.2, -0.15) is 0 Å². The first kappa shape index (κ1) is 15.0. The second-order valence-electron chi connectivity index (χ2n) is 4.43. The quantitative estimate of drug-likeness (QED) is 0.590. The molecular weight excluding hydrogens is 366 g/mol. The van der Waals surface area contributed by atoms with Gasteiger partial charge >= 0.3 is 5.97 Å². The highest BCUT2D eigenvalue weighted by molar-refractivity contribution is 9.10. The van der Waals surface area contributed by atoms with Crippen LogP contribution in [0.5, 0.6) is 5.75 Å². The molecule has 0 atom stereocenters. The number of halogens is 1. The number of benzene rings is 1. The van der Waals surface area contributed by atoms with E-state index < -0.39 is 5.97 Å². The second kappa shape index (κ2) is 6.46. The molecule has 22 heavy (non-hydrogen) atoms. The summed E-state index contributed by atoms with van der Waals surface area (Å²) < 4.78 is 11.8. The van der Waals surface area contributed by atoms with Gasteiger partial charge in [-0.15, -0.1) is 11.3 Å². The molecule has 0 saturated carbocycles. The van der Waals surface area contributed by atoms with Crippen LogP contribution in [-0.2, 0) is 9.53 Å². The lowest BCUT2D eigenvalue weighted by Gasteiger charge is -2.08. The summed E-state index contributed by atoms with van der Waals surface area (Å²) in [5, 5.41) is 1.95. The lowest BCUT2D eigenvalue weighted by Crippen LogP contribution is -2.07. The fourth-order valence-electron chi connectivity index (χ4n) is 1.99. The normalized spacial score (nSPS) is 15.8. The SMILES string of the molecule is CCOc1ccccc1C1=N/C(=C\c2cc(Br)cs2)C(=O)O1. The maximum absolute atomic E-state index is 12.0. The maximum Gasteiger partial charge on any atom is 0.363 e. The molecule has 0 aliphatic carbocycles. The first-order chi connectivity index (χ1) is 10.7. The van der Waals surface area contributed by atoms with Crippen molar-refractivity contribution in [2.24, 2.45) is 4.99 Å². The van der Waals surface area contributed by atoms with Crippen LogP contribution in [0.3, 0.4) is 0 Å². The van der Waals surface area contributed by atoms with Crippen molar-refractivity contribution in [2.45, 2.75) is 6.92 Å². The van der Waals surface area contributed by atoms with Crippen LogP contribution in [0.1, 0.15) is 17.4 Å². The highest BCUT2D eigenvalue weighted by atomic mass is 79.9. The van der Waals surface area contributed by atoms with Gasteiger partial charge in [0.1, 0.15) is 5.75 Å². The summed E-state index contributed by atoms with van der Waals surface area (Å²) >= 11 is 4.91. The first-order valence-electron chi connectivity index (χ1n) is 6.66. The van der Waals surface area contributed by atoms with Crippen molar-refractivity contribution in [2.75, 3.05) is 6.61 Å². The summed E-state index contributed by atoms with van der Waals surface area (Å²) in [6.45, 7) is 2.43. The second-order valence-corrected chi connectivity index (χ2v) is 6.29. The third-order valence-electron chi connectivity index (χ3n) is 2.90. The molecule has 0 N–H and O–H groups in total. The van der Waals surface area contributed by atoms with Crippen LogP contribution >= 0.6 is 27.3 Å². The Morgan fingerprint density at radius 2 is 2.23 bits per heavy atom. The average Bonchev–Trinajstić information content (AvgIpc) is 3.07. The number of esters is 1. The minimum absolute atomic E-state index is 0.274. The van der Waals surface area contributed by atoms with Crippen LogP contribution in [0.15, 0.2) is 50.9 Å². The van der Waals surface area contributed by atoms with Crippen molar-refractivity contribution in [1.82, 2.24) is 0 Å². The minimum atomic E-state index is -0.453. The molecule has 0 radical (unpaired) electrons. The summed E-state index contributed by atoms with van der Waals surface area (Å²) in [5.74, 6) is 0.471. The fraction of sp³-hybridized carbons (Fsp3) is 0.125. The van der Waals surface area contributed by atoms with Gasteiger partial charge in [0.2, 0.25) is 5.90 Å². The Labute approximate surface area is 140 Å². The van der Waals surface area contributed by atoms with E-state index in [1.165, 1.54) is 11.3 Å². The Balaban J connectivity index is 1.95. The lowest BCUT2D eigenvalue weighted by atomic mass is 10.2. The standard InChI is InChI=1S/C16H12BrNO3S/c1-2-20-14-6-4-3-5-12(14)15-18-13(16(19)21-15)8-11-7-10(17)9-22-11/h3-9H,2H2,1H3/b13-8-. The van der Waals surface area contributed by atoms with Gasteiger partial charge in [0.25, 0.3) is 0 Å². The van der Waals surface area contributed by atoms with Crippen molar-refractivity contribution in [3.05, 3.63) is 56.3 Å². The Bertz CT molecular complexity index is 779.